The van der Waals surface area contributed by atoms with Crippen LogP contribution in [0.25, 0.3) is 0 Å². The molecule has 1 aliphatic rings. The zero-order valence-corrected chi connectivity index (χ0v) is 21.0. The van der Waals surface area contributed by atoms with Gasteiger partial charge in [-0.05, 0) is 35.9 Å². The van der Waals surface area contributed by atoms with Crippen molar-refractivity contribution >= 4 is 87.0 Å². The van der Waals surface area contributed by atoms with Crippen LogP contribution in [0.15, 0.2) is 42.6 Å². The molecule has 4 rings (SSSR count). The zero-order valence-electron chi connectivity index (χ0n) is 17.2. The van der Waals surface area contributed by atoms with Gasteiger partial charge in [-0.15, -0.1) is 23.2 Å². The highest BCUT2D eigenvalue weighted by Gasteiger charge is 2.67. The van der Waals surface area contributed by atoms with Gasteiger partial charge in [-0.3, -0.25) is 9.59 Å². The molecule has 1 aliphatic carbocycles. The first kappa shape index (κ1) is 25.7. The lowest BCUT2D eigenvalue weighted by Gasteiger charge is -2.11. The van der Waals surface area contributed by atoms with Gasteiger partial charge in [-0.1, -0.05) is 40.9 Å². The Hall–Kier alpha value is -2.36. The number of amides is 2. The molecule has 0 bridgehead atoms. The summed E-state index contributed by atoms with van der Waals surface area (Å²) >= 11 is 30.8. The lowest BCUT2D eigenvalue weighted by molar-refractivity contribution is -0.117. The smallest absolute Gasteiger partial charge is 0.258 e. The van der Waals surface area contributed by atoms with Crippen LogP contribution in [0, 0.1) is 17.6 Å². The van der Waals surface area contributed by atoms with E-state index in [4.69, 9.17) is 63.7 Å². The lowest BCUT2D eigenvalue weighted by Crippen LogP contribution is -2.19. The fraction of sp³-hybridized carbons (Fsp3) is 0.136. The Bertz CT molecular complexity index is 1370. The average molecular weight is 581 g/mol. The molecule has 3 aromatic rings. The number of rotatable bonds is 5. The number of nitrogen functional groups attached to an aromatic ring is 1. The number of carbonyl (C=O) groups is 2. The van der Waals surface area contributed by atoms with E-state index in [1.807, 2.05) is 0 Å². The standard InChI is InChI=1S/C22H13Cl5F2N4O2/c23-11-4-2-9(6-10(11)20(34)33-19-17(29)18(30)14(28)7-31-19)32-21(35)16-15(22(16,26)27)8-1-3-12(24)13(25)5-8/h1-7,15-16H,(H,32,35)(H3,30,31,33,34)/t15-,16+/m0/s1. The quantitative estimate of drug-likeness (QED) is 0.293. The number of hydrogen-bond donors (Lipinski definition) is 3. The molecular formula is C22H13Cl5F2N4O2. The van der Waals surface area contributed by atoms with Crippen molar-refractivity contribution in [3.8, 4) is 0 Å². The summed E-state index contributed by atoms with van der Waals surface area (Å²) in [6, 6.07) is 8.90. The second kappa shape index (κ2) is 9.59. The monoisotopic (exact) mass is 578 g/mol. The van der Waals surface area contributed by atoms with Crippen LogP contribution in [-0.2, 0) is 4.79 Å². The maximum absolute atomic E-state index is 14.1. The van der Waals surface area contributed by atoms with Crippen molar-refractivity contribution in [1.82, 2.24) is 4.98 Å². The number of nitrogens with zero attached hydrogens (tertiary/aromatic N) is 1. The van der Waals surface area contributed by atoms with Crippen LogP contribution in [0.3, 0.4) is 0 Å². The second-order valence-corrected chi connectivity index (χ2v) is 10.3. The van der Waals surface area contributed by atoms with Crippen LogP contribution >= 0.6 is 58.0 Å². The van der Waals surface area contributed by atoms with Gasteiger partial charge in [0.2, 0.25) is 5.91 Å². The van der Waals surface area contributed by atoms with Gasteiger partial charge < -0.3 is 16.4 Å². The number of nitrogens with two attached hydrogens (primary N) is 1. The molecule has 1 saturated carbocycles. The minimum atomic E-state index is -1.39. The second-order valence-electron chi connectivity index (χ2n) is 7.62. The topological polar surface area (TPSA) is 97.1 Å². The van der Waals surface area contributed by atoms with Gasteiger partial charge in [0.1, 0.15) is 10.0 Å². The van der Waals surface area contributed by atoms with E-state index < -0.39 is 51.1 Å². The van der Waals surface area contributed by atoms with E-state index in [2.05, 4.69) is 15.6 Å². The Balaban J connectivity index is 1.52. The number of alkyl halides is 2. The van der Waals surface area contributed by atoms with Gasteiger partial charge >= 0.3 is 0 Å². The van der Waals surface area contributed by atoms with Crippen molar-refractivity contribution in [2.45, 2.75) is 10.3 Å². The zero-order chi connectivity index (χ0) is 25.7. The van der Waals surface area contributed by atoms with E-state index >= 15 is 0 Å². The molecule has 35 heavy (non-hydrogen) atoms. The SMILES string of the molecule is Nc1c(F)cnc(NC(=O)c2cc(NC(=O)[C@H]3[C@H](c4ccc(Cl)c(Cl)c4)C3(Cl)Cl)ccc2Cl)c1F. The third kappa shape index (κ3) is 4.99. The Kier molecular flexibility index (Phi) is 7.05. The van der Waals surface area contributed by atoms with Gasteiger partial charge in [0.05, 0.1) is 32.7 Å². The van der Waals surface area contributed by atoms with Crippen molar-refractivity contribution in [3.05, 3.63) is 80.4 Å². The minimum Gasteiger partial charge on any atom is -0.394 e. The molecule has 0 unspecified atom stereocenters. The van der Waals surface area contributed by atoms with Crippen LogP contribution in [0.5, 0.6) is 0 Å². The van der Waals surface area contributed by atoms with Gasteiger partial charge in [-0.25, -0.2) is 13.8 Å². The van der Waals surface area contributed by atoms with Crippen molar-refractivity contribution < 1.29 is 18.4 Å². The van der Waals surface area contributed by atoms with E-state index in [1.54, 1.807) is 18.2 Å². The first-order valence-electron chi connectivity index (χ1n) is 9.75. The van der Waals surface area contributed by atoms with E-state index in [1.165, 1.54) is 18.2 Å². The highest BCUT2D eigenvalue weighted by atomic mass is 35.5. The summed E-state index contributed by atoms with van der Waals surface area (Å²) in [4.78, 5) is 29.0. The van der Waals surface area contributed by atoms with Gasteiger partial charge in [-0.2, -0.15) is 0 Å². The Labute approximate surface area is 222 Å². The Morgan fingerprint density at radius 2 is 1.66 bits per heavy atom. The number of pyridine rings is 1. The summed E-state index contributed by atoms with van der Waals surface area (Å²) in [5.74, 6) is -5.65. The summed E-state index contributed by atoms with van der Waals surface area (Å²) in [6.45, 7) is 0. The van der Waals surface area contributed by atoms with Crippen molar-refractivity contribution in [2.75, 3.05) is 16.4 Å². The van der Waals surface area contributed by atoms with Crippen LogP contribution in [0.4, 0.5) is 26.0 Å². The maximum Gasteiger partial charge on any atom is 0.258 e. The molecule has 2 atom stereocenters. The van der Waals surface area contributed by atoms with E-state index in [9.17, 15) is 18.4 Å². The summed E-state index contributed by atoms with van der Waals surface area (Å²) in [6.07, 6.45) is 0.663. The predicted molar refractivity (Wildman–Crippen MR) is 134 cm³/mol. The van der Waals surface area contributed by atoms with Crippen molar-refractivity contribution in [1.29, 1.82) is 0 Å². The summed E-state index contributed by atoms with van der Waals surface area (Å²) in [5.41, 5.74) is 5.19. The predicted octanol–water partition coefficient (Wildman–Crippen LogP) is 6.68. The minimum absolute atomic E-state index is 0.000119. The summed E-state index contributed by atoms with van der Waals surface area (Å²) in [5, 5.41) is 5.44. The van der Waals surface area contributed by atoms with Gasteiger partial charge in [0, 0.05) is 11.6 Å². The van der Waals surface area contributed by atoms with Crippen LogP contribution in [0.1, 0.15) is 21.8 Å². The van der Waals surface area contributed by atoms with E-state index in [0.29, 0.717) is 21.8 Å². The van der Waals surface area contributed by atoms with E-state index in [-0.39, 0.29) is 16.3 Å². The molecule has 6 nitrogen and oxygen atoms in total. The molecule has 2 amide bonds. The molecule has 4 N–H and O–H groups in total. The maximum atomic E-state index is 14.1. The van der Waals surface area contributed by atoms with Crippen molar-refractivity contribution in [3.63, 3.8) is 0 Å². The summed E-state index contributed by atoms with van der Waals surface area (Å²) in [7, 11) is 0. The molecule has 0 radical (unpaired) electrons. The van der Waals surface area contributed by atoms with Crippen LogP contribution in [-0.4, -0.2) is 21.1 Å². The average Bonchev–Trinajstić information content (AvgIpc) is 3.39. The fourth-order valence-electron chi connectivity index (χ4n) is 3.51. The highest BCUT2D eigenvalue weighted by molar-refractivity contribution is 6.53. The number of carbonyl (C=O) groups excluding carboxylic acids is 2. The normalized spacial score (nSPS) is 18.1. The number of anilines is 3. The Morgan fingerprint density at radius 3 is 2.34 bits per heavy atom. The van der Waals surface area contributed by atoms with Crippen molar-refractivity contribution in [2.24, 2.45) is 5.92 Å². The molecule has 0 spiro atoms. The van der Waals surface area contributed by atoms with Crippen LogP contribution in [0.2, 0.25) is 15.1 Å². The highest BCUT2D eigenvalue weighted by Crippen LogP contribution is 2.65. The molecule has 0 aliphatic heterocycles. The number of nitrogens with one attached hydrogen (secondary N) is 2. The third-order valence-electron chi connectivity index (χ3n) is 5.36. The molecule has 13 heteroatoms. The molecule has 1 fully saturated rings. The number of halogens is 7. The first-order valence-corrected chi connectivity index (χ1v) is 11.6. The largest absolute Gasteiger partial charge is 0.394 e. The molecule has 0 saturated heterocycles. The lowest BCUT2D eigenvalue weighted by atomic mass is 10.1. The molecule has 1 aromatic heterocycles. The number of hydrogen-bond acceptors (Lipinski definition) is 4. The molecule has 1 heterocycles. The fourth-order valence-corrected chi connectivity index (χ4v) is 4.85. The van der Waals surface area contributed by atoms with E-state index in [0.717, 1.165) is 0 Å². The number of benzene rings is 2. The molecule has 2 aromatic carbocycles. The van der Waals surface area contributed by atoms with Crippen LogP contribution < -0.4 is 16.4 Å². The first-order chi connectivity index (χ1) is 16.4. The third-order valence-corrected chi connectivity index (χ3v) is 7.37. The molecular weight excluding hydrogens is 568 g/mol. The summed E-state index contributed by atoms with van der Waals surface area (Å²) < 4.78 is 26.0. The van der Waals surface area contributed by atoms with Gasteiger partial charge in [0.25, 0.3) is 5.91 Å². The number of aromatic nitrogens is 1. The van der Waals surface area contributed by atoms with Gasteiger partial charge in [0.15, 0.2) is 17.5 Å². The molecule has 182 valence electrons. The Morgan fingerprint density at radius 1 is 0.971 bits per heavy atom.